The molecule has 2 saturated carbocycles. The zero-order valence-corrected chi connectivity index (χ0v) is 15.7. The molecule has 2 rings (SSSR count). The van der Waals surface area contributed by atoms with Gasteiger partial charge in [0.15, 0.2) is 0 Å². The van der Waals surface area contributed by atoms with Gasteiger partial charge in [0.05, 0.1) is 5.92 Å². The fourth-order valence-electron chi connectivity index (χ4n) is 3.99. The number of carbonyl (C=O) groups is 1. The molecule has 0 N–H and O–H groups in total. The molecule has 0 aliphatic heterocycles. The summed E-state index contributed by atoms with van der Waals surface area (Å²) in [6, 6.07) is 0. The Labute approximate surface area is 148 Å². The maximum atomic E-state index is 12.4. The van der Waals surface area contributed by atoms with E-state index in [0.29, 0.717) is 11.8 Å². The first-order chi connectivity index (χ1) is 11.7. The molecule has 0 aromatic carbocycles. The first-order valence-electron chi connectivity index (χ1n) is 10.3. The van der Waals surface area contributed by atoms with E-state index in [9.17, 15) is 4.79 Å². The molecule has 24 heavy (non-hydrogen) atoms. The molecule has 2 heteroatoms. The van der Waals surface area contributed by atoms with Crippen LogP contribution in [0, 0.1) is 17.8 Å². The van der Waals surface area contributed by atoms with E-state index >= 15 is 0 Å². The van der Waals surface area contributed by atoms with Gasteiger partial charge in [-0.25, -0.2) is 0 Å². The zero-order chi connectivity index (χ0) is 17.2. The van der Waals surface area contributed by atoms with E-state index in [-0.39, 0.29) is 18.0 Å². The van der Waals surface area contributed by atoms with E-state index in [4.69, 9.17) is 4.74 Å². The Hall–Kier alpha value is -1.05. The third-order valence-electron chi connectivity index (χ3n) is 5.61. The van der Waals surface area contributed by atoms with Crippen LogP contribution >= 0.6 is 0 Å². The van der Waals surface area contributed by atoms with E-state index in [2.05, 4.69) is 38.2 Å². The molecule has 2 aliphatic rings. The van der Waals surface area contributed by atoms with Crippen molar-refractivity contribution in [1.82, 2.24) is 0 Å². The van der Waals surface area contributed by atoms with Crippen molar-refractivity contribution >= 4 is 5.97 Å². The number of allylic oxidation sites excluding steroid dienone is 4. The van der Waals surface area contributed by atoms with Gasteiger partial charge in [-0.15, -0.1) is 0 Å². The lowest BCUT2D eigenvalue weighted by Gasteiger charge is -2.30. The van der Waals surface area contributed by atoms with Crippen LogP contribution in [0.2, 0.25) is 0 Å². The van der Waals surface area contributed by atoms with Gasteiger partial charge >= 0.3 is 5.97 Å². The minimum atomic E-state index is 0.0814. The predicted molar refractivity (Wildman–Crippen MR) is 101 cm³/mol. The van der Waals surface area contributed by atoms with Crippen LogP contribution in [0.25, 0.3) is 0 Å². The lowest BCUT2D eigenvalue weighted by Crippen LogP contribution is -2.29. The molecule has 0 spiro atoms. The van der Waals surface area contributed by atoms with Gasteiger partial charge in [0.2, 0.25) is 0 Å². The predicted octanol–water partition coefficient (Wildman–Crippen LogP) is 6.22. The van der Waals surface area contributed by atoms with Crippen LogP contribution in [0.3, 0.4) is 0 Å². The van der Waals surface area contributed by atoms with Crippen molar-refractivity contribution in [2.24, 2.45) is 17.8 Å². The molecule has 2 fully saturated rings. The summed E-state index contributed by atoms with van der Waals surface area (Å²) in [6.07, 6.45) is 21.7. The number of ether oxygens (including phenoxy) is 1. The van der Waals surface area contributed by atoms with Crippen molar-refractivity contribution in [2.75, 3.05) is 0 Å². The highest BCUT2D eigenvalue weighted by Gasteiger charge is 2.29. The summed E-state index contributed by atoms with van der Waals surface area (Å²) < 4.78 is 5.84. The zero-order valence-electron chi connectivity index (χ0n) is 15.7. The number of rotatable bonds is 7. The minimum absolute atomic E-state index is 0.0814. The highest BCUT2D eigenvalue weighted by Crippen LogP contribution is 2.33. The molecule has 0 atom stereocenters. The smallest absolute Gasteiger partial charge is 0.309 e. The molecule has 0 bridgehead atoms. The Morgan fingerprint density at radius 1 is 0.875 bits per heavy atom. The fourth-order valence-corrected chi connectivity index (χ4v) is 3.99. The molecule has 0 unspecified atom stereocenters. The van der Waals surface area contributed by atoms with E-state index in [1.165, 1.54) is 25.7 Å². The highest BCUT2D eigenvalue weighted by atomic mass is 16.5. The number of carbonyl (C=O) groups excluding carboxylic acids is 1. The van der Waals surface area contributed by atoms with Gasteiger partial charge in [0.25, 0.3) is 0 Å². The lowest BCUT2D eigenvalue weighted by molar-refractivity contribution is -0.157. The first-order valence-corrected chi connectivity index (χ1v) is 10.3. The summed E-state index contributed by atoms with van der Waals surface area (Å²) in [4.78, 5) is 12.4. The minimum Gasteiger partial charge on any atom is -0.462 e. The SMILES string of the molecule is CCC=CC1CCC(C(=O)OC2CCC(C=CCCC)CC2)CC1. The van der Waals surface area contributed by atoms with Crippen LogP contribution in [-0.2, 0) is 9.53 Å². The number of hydrogen-bond acceptors (Lipinski definition) is 2. The molecule has 0 radical (unpaired) electrons. The Bertz CT molecular complexity index is 408. The van der Waals surface area contributed by atoms with Crippen LogP contribution in [0.1, 0.15) is 84.5 Å². The average Bonchev–Trinajstić information content (AvgIpc) is 2.62. The fraction of sp³-hybridized carbons (Fsp3) is 0.773. The van der Waals surface area contributed by atoms with Crippen LogP contribution in [0.15, 0.2) is 24.3 Å². The number of esters is 1. The molecule has 2 nitrogen and oxygen atoms in total. The lowest BCUT2D eigenvalue weighted by atomic mass is 9.81. The monoisotopic (exact) mass is 332 g/mol. The van der Waals surface area contributed by atoms with Crippen molar-refractivity contribution in [1.29, 1.82) is 0 Å². The third kappa shape index (κ3) is 6.45. The Kier molecular flexibility index (Phi) is 8.63. The second-order valence-corrected chi connectivity index (χ2v) is 7.64. The molecule has 0 heterocycles. The van der Waals surface area contributed by atoms with E-state index < -0.39 is 0 Å². The van der Waals surface area contributed by atoms with E-state index in [0.717, 1.165) is 44.9 Å². The first kappa shape index (κ1) is 19.3. The molecular formula is C22H36O2. The molecule has 136 valence electrons. The van der Waals surface area contributed by atoms with Crippen LogP contribution < -0.4 is 0 Å². The maximum Gasteiger partial charge on any atom is 0.309 e. The normalized spacial score (nSPS) is 31.6. The largest absolute Gasteiger partial charge is 0.462 e. The van der Waals surface area contributed by atoms with E-state index in [1.807, 2.05) is 0 Å². The molecule has 2 aliphatic carbocycles. The van der Waals surface area contributed by atoms with E-state index in [1.54, 1.807) is 0 Å². The molecule has 0 aromatic heterocycles. The topological polar surface area (TPSA) is 26.3 Å². The summed E-state index contributed by atoms with van der Waals surface area (Å²) in [5, 5.41) is 0. The summed E-state index contributed by atoms with van der Waals surface area (Å²) in [7, 11) is 0. The summed E-state index contributed by atoms with van der Waals surface area (Å²) in [5.41, 5.74) is 0. The van der Waals surface area contributed by atoms with Crippen molar-refractivity contribution in [2.45, 2.75) is 90.6 Å². The van der Waals surface area contributed by atoms with Gasteiger partial charge in [0, 0.05) is 0 Å². The maximum absolute atomic E-state index is 12.4. The van der Waals surface area contributed by atoms with Gasteiger partial charge in [-0.05, 0) is 76.0 Å². The summed E-state index contributed by atoms with van der Waals surface area (Å²) in [5.74, 6) is 1.61. The van der Waals surface area contributed by atoms with Crippen LogP contribution in [0.5, 0.6) is 0 Å². The average molecular weight is 333 g/mol. The summed E-state index contributed by atoms with van der Waals surface area (Å²) in [6.45, 7) is 4.39. The van der Waals surface area contributed by atoms with Crippen LogP contribution in [0.4, 0.5) is 0 Å². The molecule has 0 saturated heterocycles. The van der Waals surface area contributed by atoms with Crippen molar-refractivity contribution in [3.63, 3.8) is 0 Å². The van der Waals surface area contributed by atoms with Gasteiger partial charge in [-0.2, -0.15) is 0 Å². The standard InChI is InChI=1S/C22H36O2/c1-3-5-7-9-19-12-16-21(17-13-19)24-22(23)20-14-10-18(11-15-20)8-6-4-2/h6-9,18-21H,3-5,10-17H2,1-2H3. The quantitative estimate of drug-likeness (QED) is 0.409. The molecular weight excluding hydrogens is 296 g/mol. The number of hydrogen-bond donors (Lipinski definition) is 0. The van der Waals surface area contributed by atoms with Gasteiger partial charge in [-0.1, -0.05) is 44.6 Å². The number of unbranched alkanes of at least 4 members (excludes halogenated alkanes) is 1. The van der Waals surface area contributed by atoms with Gasteiger partial charge in [0.1, 0.15) is 6.10 Å². The van der Waals surface area contributed by atoms with Crippen molar-refractivity contribution in [3.05, 3.63) is 24.3 Å². The Morgan fingerprint density at radius 3 is 2.04 bits per heavy atom. The van der Waals surface area contributed by atoms with Crippen molar-refractivity contribution < 1.29 is 9.53 Å². The van der Waals surface area contributed by atoms with Gasteiger partial charge < -0.3 is 4.74 Å². The summed E-state index contributed by atoms with van der Waals surface area (Å²) >= 11 is 0. The second kappa shape index (κ2) is 10.7. The molecule has 0 amide bonds. The highest BCUT2D eigenvalue weighted by molar-refractivity contribution is 5.72. The Balaban J connectivity index is 1.66. The van der Waals surface area contributed by atoms with Gasteiger partial charge in [-0.3, -0.25) is 4.79 Å². The van der Waals surface area contributed by atoms with Crippen LogP contribution in [-0.4, -0.2) is 12.1 Å². The van der Waals surface area contributed by atoms with Crippen molar-refractivity contribution in [3.8, 4) is 0 Å². The third-order valence-corrected chi connectivity index (χ3v) is 5.61. The molecule has 0 aromatic rings. The second-order valence-electron chi connectivity index (χ2n) is 7.64. The Morgan fingerprint density at radius 2 is 1.46 bits per heavy atom.